The van der Waals surface area contributed by atoms with Crippen molar-refractivity contribution in [3.05, 3.63) is 47.8 Å². The fourth-order valence-corrected chi connectivity index (χ4v) is 2.29. The molecule has 2 N–H and O–H groups in total. The van der Waals surface area contributed by atoms with Gasteiger partial charge in [0.25, 0.3) is 5.91 Å². The molecule has 1 aromatic carbocycles. The number of aromatic nitrogens is 2. The Balaban J connectivity index is 1.87. The number of carbonyl (C=O) groups excluding carboxylic acids is 1. The third kappa shape index (κ3) is 6.15. The first-order valence-electron chi connectivity index (χ1n) is 8.57. The summed E-state index contributed by atoms with van der Waals surface area (Å²) in [6.07, 6.45) is 3.99. The van der Waals surface area contributed by atoms with E-state index in [1.807, 2.05) is 26.2 Å². The van der Waals surface area contributed by atoms with Crippen LogP contribution < -0.4 is 10.6 Å². The summed E-state index contributed by atoms with van der Waals surface area (Å²) in [5.41, 5.74) is 2.67. The summed E-state index contributed by atoms with van der Waals surface area (Å²) >= 11 is 0. The Bertz CT molecular complexity index is 665. The van der Waals surface area contributed by atoms with Gasteiger partial charge in [0.15, 0.2) is 0 Å². The molecule has 1 aromatic heterocycles. The number of hydrogen-bond acceptors (Lipinski definition) is 5. The molecule has 0 aliphatic carbocycles. The quantitative estimate of drug-likeness (QED) is 0.722. The van der Waals surface area contributed by atoms with Gasteiger partial charge in [0, 0.05) is 24.6 Å². The van der Waals surface area contributed by atoms with E-state index in [0.717, 1.165) is 18.7 Å². The lowest BCUT2D eigenvalue weighted by Gasteiger charge is -2.10. The second kappa shape index (κ2) is 9.13. The van der Waals surface area contributed by atoms with Crippen molar-refractivity contribution in [2.45, 2.75) is 26.2 Å². The average Bonchev–Trinajstić information content (AvgIpc) is 2.59. The number of rotatable bonds is 8. The van der Waals surface area contributed by atoms with Gasteiger partial charge in [0.1, 0.15) is 0 Å². The molecule has 25 heavy (non-hydrogen) atoms. The van der Waals surface area contributed by atoms with Crippen molar-refractivity contribution in [3.8, 4) is 0 Å². The fraction of sp³-hybridized carbons (Fsp3) is 0.421. The molecule has 2 aromatic rings. The van der Waals surface area contributed by atoms with Gasteiger partial charge in [-0.2, -0.15) is 0 Å². The predicted molar refractivity (Wildman–Crippen MR) is 101 cm³/mol. The maximum absolute atomic E-state index is 12.0. The van der Waals surface area contributed by atoms with Crippen molar-refractivity contribution in [3.63, 3.8) is 0 Å². The lowest BCUT2D eigenvalue weighted by atomic mass is 10.0. The van der Waals surface area contributed by atoms with Crippen LogP contribution in [0.2, 0.25) is 0 Å². The van der Waals surface area contributed by atoms with Gasteiger partial charge in [0.2, 0.25) is 5.95 Å². The Morgan fingerprint density at radius 3 is 2.32 bits per heavy atom. The van der Waals surface area contributed by atoms with Crippen molar-refractivity contribution in [2.24, 2.45) is 0 Å². The van der Waals surface area contributed by atoms with Crippen LogP contribution in [0.5, 0.6) is 0 Å². The molecule has 134 valence electrons. The fourth-order valence-electron chi connectivity index (χ4n) is 2.29. The van der Waals surface area contributed by atoms with E-state index in [2.05, 4.69) is 51.5 Å². The minimum Gasteiger partial charge on any atom is -0.352 e. The van der Waals surface area contributed by atoms with E-state index in [9.17, 15) is 4.79 Å². The normalized spacial score (nSPS) is 11.0. The summed E-state index contributed by atoms with van der Waals surface area (Å²) in [5, 5.41) is 6.02. The molecule has 0 saturated carbocycles. The highest BCUT2D eigenvalue weighted by Crippen LogP contribution is 2.18. The molecular formula is C19H27N5O. The summed E-state index contributed by atoms with van der Waals surface area (Å²) in [5.74, 6) is 0.828. The summed E-state index contributed by atoms with van der Waals surface area (Å²) in [4.78, 5) is 22.6. The number of anilines is 2. The molecule has 0 radical (unpaired) electrons. The molecule has 6 heteroatoms. The molecule has 6 nitrogen and oxygen atoms in total. The second-order valence-corrected chi connectivity index (χ2v) is 6.61. The molecule has 2 rings (SSSR count). The largest absolute Gasteiger partial charge is 0.352 e. The van der Waals surface area contributed by atoms with Crippen molar-refractivity contribution in [2.75, 3.05) is 32.5 Å². The van der Waals surface area contributed by atoms with Crippen LogP contribution in [0, 0.1) is 0 Å². The van der Waals surface area contributed by atoms with Gasteiger partial charge in [-0.1, -0.05) is 26.0 Å². The zero-order valence-electron chi connectivity index (χ0n) is 15.4. The first kappa shape index (κ1) is 18.9. The molecule has 0 atom stereocenters. The molecule has 0 aliphatic heterocycles. The number of nitrogens with zero attached hydrogens (tertiary/aromatic N) is 3. The SMILES string of the molecule is CC(C)c1ccc(Nc2ncc(C(=O)NCCCN(C)C)cn2)cc1. The van der Waals surface area contributed by atoms with Crippen LogP contribution >= 0.6 is 0 Å². The van der Waals surface area contributed by atoms with Crippen LogP contribution in [0.4, 0.5) is 11.6 Å². The molecule has 1 heterocycles. The van der Waals surface area contributed by atoms with E-state index >= 15 is 0 Å². The molecule has 0 aliphatic rings. The lowest BCUT2D eigenvalue weighted by molar-refractivity contribution is 0.0951. The Morgan fingerprint density at radius 2 is 1.76 bits per heavy atom. The van der Waals surface area contributed by atoms with Gasteiger partial charge in [-0.25, -0.2) is 9.97 Å². The average molecular weight is 341 g/mol. The Kier molecular flexibility index (Phi) is 6.89. The zero-order chi connectivity index (χ0) is 18.2. The van der Waals surface area contributed by atoms with Crippen LogP contribution in [-0.2, 0) is 0 Å². The van der Waals surface area contributed by atoms with Crippen LogP contribution in [-0.4, -0.2) is 48.0 Å². The third-order valence-corrected chi connectivity index (χ3v) is 3.82. The van der Waals surface area contributed by atoms with E-state index in [4.69, 9.17) is 0 Å². The first-order valence-corrected chi connectivity index (χ1v) is 8.57. The summed E-state index contributed by atoms with van der Waals surface area (Å²) in [6.45, 7) is 5.90. The molecule has 0 spiro atoms. The van der Waals surface area contributed by atoms with E-state index in [1.165, 1.54) is 5.56 Å². The van der Waals surface area contributed by atoms with Gasteiger partial charge in [-0.15, -0.1) is 0 Å². The zero-order valence-corrected chi connectivity index (χ0v) is 15.4. The van der Waals surface area contributed by atoms with Gasteiger partial charge < -0.3 is 15.5 Å². The number of amides is 1. The highest BCUT2D eigenvalue weighted by molar-refractivity contribution is 5.93. The van der Waals surface area contributed by atoms with E-state index in [1.54, 1.807) is 12.4 Å². The van der Waals surface area contributed by atoms with E-state index < -0.39 is 0 Å². The highest BCUT2D eigenvalue weighted by Gasteiger charge is 2.07. The monoisotopic (exact) mass is 341 g/mol. The summed E-state index contributed by atoms with van der Waals surface area (Å²) in [7, 11) is 4.02. The van der Waals surface area contributed by atoms with Crippen molar-refractivity contribution < 1.29 is 4.79 Å². The van der Waals surface area contributed by atoms with Gasteiger partial charge >= 0.3 is 0 Å². The van der Waals surface area contributed by atoms with Crippen molar-refractivity contribution in [1.82, 2.24) is 20.2 Å². The van der Waals surface area contributed by atoms with Crippen LogP contribution in [0.3, 0.4) is 0 Å². The summed E-state index contributed by atoms with van der Waals surface area (Å²) in [6, 6.07) is 8.18. The van der Waals surface area contributed by atoms with Crippen LogP contribution in [0.25, 0.3) is 0 Å². The Hall–Kier alpha value is -2.47. The lowest BCUT2D eigenvalue weighted by Crippen LogP contribution is -2.27. The summed E-state index contributed by atoms with van der Waals surface area (Å²) < 4.78 is 0. The molecular weight excluding hydrogens is 314 g/mol. The minimum absolute atomic E-state index is 0.147. The van der Waals surface area contributed by atoms with Crippen LogP contribution in [0.1, 0.15) is 42.1 Å². The predicted octanol–water partition coefficient (Wildman–Crippen LogP) is 3.03. The molecule has 0 fully saturated rings. The number of benzene rings is 1. The highest BCUT2D eigenvalue weighted by atomic mass is 16.1. The topological polar surface area (TPSA) is 70.2 Å². The Labute approximate surface area is 149 Å². The number of hydrogen-bond donors (Lipinski definition) is 2. The van der Waals surface area contributed by atoms with E-state index in [-0.39, 0.29) is 5.91 Å². The standard InChI is InChI=1S/C19H27N5O/c1-14(2)15-6-8-17(9-7-15)23-19-21-12-16(13-22-19)18(25)20-10-5-11-24(3)4/h6-9,12-14H,5,10-11H2,1-4H3,(H,20,25)(H,21,22,23). The van der Waals surface area contributed by atoms with Gasteiger partial charge in [-0.3, -0.25) is 4.79 Å². The van der Waals surface area contributed by atoms with Gasteiger partial charge in [-0.05, 0) is 50.7 Å². The van der Waals surface area contributed by atoms with Gasteiger partial charge in [0.05, 0.1) is 5.56 Å². The van der Waals surface area contributed by atoms with E-state index in [0.29, 0.717) is 24.0 Å². The number of nitrogens with one attached hydrogen (secondary N) is 2. The molecule has 1 amide bonds. The van der Waals surface area contributed by atoms with Crippen molar-refractivity contribution >= 4 is 17.5 Å². The molecule has 0 saturated heterocycles. The first-order chi connectivity index (χ1) is 12.0. The second-order valence-electron chi connectivity index (χ2n) is 6.61. The minimum atomic E-state index is -0.147. The maximum Gasteiger partial charge on any atom is 0.254 e. The van der Waals surface area contributed by atoms with Crippen LogP contribution in [0.15, 0.2) is 36.7 Å². The van der Waals surface area contributed by atoms with Crippen molar-refractivity contribution in [1.29, 1.82) is 0 Å². The molecule has 0 bridgehead atoms. The third-order valence-electron chi connectivity index (χ3n) is 3.82. The smallest absolute Gasteiger partial charge is 0.254 e. The maximum atomic E-state index is 12.0. The Morgan fingerprint density at radius 1 is 1.12 bits per heavy atom. The molecule has 0 unspecified atom stereocenters. The number of carbonyl (C=O) groups is 1.